The van der Waals surface area contributed by atoms with Crippen molar-refractivity contribution in [2.75, 3.05) is 0 Å². The van der Waals surface area contributed by atoms with Crippen LogP contribution in [-0.2, 0) is 13.0 Å². The van der Waals surface area contributed by atoms with Gasteiger partial charge < -0.3 is 4.42 Å². The summed E-state index contributed by atoms with van der Waals surface area (Å²) in [6.45, 7) is 0.554. The molecule has 2 aromatic heterocycles. The Labute approximate surface area is 126 Å². The van der Waals surface area contributed by atoms with Gasteiger partial charge in [-0.15, -0.1) is 0 Å². The number of aromatic nitrogens is 2. The van der Waals surface area contributed by atoms with Crippen LogP contribution in [0.15, 0.2) is 70.2 Å². The molecule has 4 heteroatoms. The molecule has 22 heavy (non-hydrogen) atoms. The highest BCUT2D eigenvalue weighted by Crippen LogP contribution is 2.16. The Morgan fingerprint density at radius 2 is 1.91 bits per heavy atom. The molecule has 108 valence electrons. The topological polar surface area (TPSA) is 48.0 Å². The van der Waals surface area contributed by atoms with E-state index in [1.165, 1.54) is 27.3 Å². The van der Waals surface area contributed by atoms with Crippen molar-refractivity contribution in [3.05, 3.63) is 76.9 Å². The van der Waals surface area contributed by atoms with Gasteiger partial charge in [0, 0.05) is 6.54 Å². The average molecular weight is 290 g/mol. The fourth-order valence-corrected chi connectivity index (χ4v) is 2.70. The van der Waals surface area contributed by atoms with E-state index in [-0.39, 0.29) is 5.56 Å². The number of fused-ring (bicyclic) bond motifs is 2. The van der Waals surface area contributed by atoms with Crippen LogP contribution < -0.4 is 5.56 Å². The summed E-state index contributed by atoms with van der Waals surface area (Å²) in [6, 6.07) is 16.3. The second-order valence-electron chi connectivity index (χ2n) is 5.30. The molecule has 0 bridgehead atoms. The van der Waals surface area contributed by atoms with E-state index >= 15 is 0 Å². The third kappa shape index (κ3) is 2.19. The lowest BCUT2D eigenvalue weighted by atomic mass is 10.1. The third-order valence-electron chi connectivity index (χ3n) is 3.90. The molecule has 0 saturated heterocycles. The van der Waals surface area contributed by atoms with E-state index in [0.29, 0.717) is 17.5 Å². The molecule has 0 spiro atoms. The molecule has 0 aliphatic heterocycles. The minimum absolute atomic E-state index is 0.105. The van der Waals surface area contributed by atoms with Crippen LogP contribution in [0.5, 0.6) is 0 Å². The summed E-state index contributed by atoms with van der Waals surface area (Å²) in [5, 5.41) is 7.18. The normalized spacial score (nSPS) is 11.3. The van der Waals surface area contributed by atoms with Gasteiger partial charge in [0.25, 0.3) is 5.56 Å². The number of aryl methyl sites for hydroxylation is 2. The van der Waals surface area contributed by atoms with Gasteiger partial charge in [-0.25, -0.2) is 4.68 Å². The molecule has 2 aromatic carbocycles. The molecule has 0 aliphatic rings. The molecule has 0 N–H and O–H groups in total. The molecule has 0 radical (unpaired) electrons. The maximum absolute atomic E-state index is 12.3. The van der Waals surface area contributed by atoms with E-state index < -0.39 is 0 Å². The molecule has 0 fully saturated rings. The number of nitrogens with zero attached hydrogens (tertiary/aromatic N) is 2. The quantitative estimate of drug-likeness (QED) is 0.581. The first kappa shape index (κ1) is 12.8. The van der Waals surface area contributed by atoms with Gasteiger partial charge >= 0.3 is 0 Å². The van der Waals surface area contributed by atoms with Gasteiger partial charge in [-0.05, 0) is 28.8 Å². The molecular weight excluding hydrogens is 276 g/mol. The predicted octanol–water partition coefficient (Wildman–Crippen LogP) is 3.39. The first-order valence-electron chi connectivity index (χ1n) is 7.22. The minimum Gasteiger partial charge on any atom is -0.462 e. The molecule has 4 nitrogen and oxygen atoms in total. The SMILES string of the molecule is O=c1c2ccoc2cnn1CCc1ccc2ccccc2c1. The van der Waals surface area contributed by atoms with Crippen LogP contribution in [0.4, 0.5) is 0 Å². The van der Waals surface area contributed by atoms with Crippen molar-refractivity contribution < 1.29 is 4.42 Å². The summed E-state index contributed by atoms with van der Waals surface area (Å²) in [6.07, 6.45) is 3.87. The molecule has 0 unspecified atom stereocenters. The Balaban J connectivity index is 1.62. The van der Waals surface area contributed by atoms with Crippen LogP contribution in [0, 0.1) is 0 Å². The zero-order valence-electron chi connectivity index (χ0n) is 11.9. The van der Waals surface area contributed by atoms with Crippen molar-refractivity contribution in [3.63, 3.8) is 0 Å². The Morgan fingerprint density at radius 3 is 2.82 bits per heavy atom. The molecule has 4 aromatic rings. The smallest absolute Gasteiger partial charge is 0.277 e. The van der Waals surface area contributed by atoms with E-state index in [4.69, 9.17) is 4.42 Å². The Hall–Kier alpha value is -2.88. The zero-order chi connectivity index (χ0) is 14.9. The number of rotatable bonds is 3. The van der Waals surface area contributed by atoms with Gasteiger partial charge in [0.05, 0.1) is 17.8 Å². The maximum Gasteiger partial charge on any atom is 0.277 e. The van der Waals surface area contributed by atoms with Gasteiger partial charge in [-0.2, -0.15) is 5.10 Å². The molecule has 0 atom stereocenters. The number of hydrogen-bond donors (Lipinski definition) is 0. The van der Waals surface area contributed by atoms with E-state index in [0.717, 1.165) is 6.42 Å². The monoisotopic (exact) mass is 290 g/mol. The molecule has 4 rings (SSSR count). The highest BCUT2D eigenvalue weighted by molar-refractivity contribution is 5.83. The van der Waals surface area contributed by atoms with Crippen molar-refractivity contribution in [3.8, 4) is 0 Å². The second-order valence-corrected chi connectivity index (χ2v) is 5.30. The highest BCUT2D eigenvalue weighted by Gasteiger charge is 2.06. The average Bonchev–Trinajstić information content (AvgIpc) is 3.03. The van der Waals surface area contributed by atoms with Gasteiger partial charge in [-0.1, -0.05) is 42.5 Å². The lowest BCUT2D eigenvalue weighted by Gasteiger charge is -2.06. The first-order valence-corrected chi connectivity index (χ1v) is 7.22. The summed E-state index contributed by atoms with van der Waals surface area (Å²) in [5.41, 5.74) is 1.62. The van der Waals surface area contributed by atoms with Crippen LogP contribution in [0.1, 0.15) is 5.56 Å². The lowest BCUT2D eigenvalue weighted by molar-refractivity contribution is 0.570. The molecule has 0 saturated carbocycles. The highest BCUT2D eigenvalue weighted by atomic mass is 16.3. The molecular formula is C18H14N2O2. The first-order chi connectivity index (χ1) is 10.8. The fourth-order valence-electron chi connectivity index (χ4n) is 2.70. The van der Waals surface area contributed by atoms with Crippen LogP contribution in [0.3, 0.4) is 0 Å². The third-order valence-corrected chi connectivity index (χ3v) is 3.90. The van der Waals surface area contributed by atoms with Crippen LogP contribution in [0.25, 0.3) is 21.7 Å². The Morgan fingerprint density at radius 1 is 1.05 bits per heavy atom. The fraction of sp³-hybridized carbons (Fsp3) is 0.111. The molecule has 0 aliphatic carbocycles. The van der Waals surface area contributed by atoms with Crippen LogP contribution in [-0.4, -0.2) is 9.78 Å². The number of hydrogen-bond acceptors (Lipinski definition) is 3. The Bertz CT molecular complexity index is 1010. The van der Waals surface area contributed by atoms with Gasteiger partial charge in [-0.3, -0.25) is 4.79 Å². The van der Waals surface area contributed by atoms with E-state index in [1.54, 1.807) is 12.3 Å². The minimum atomic E-state index is -0.105. The largest absolute Gasteiger partial charge is 0.462 e. The maximum atomic E-state index is 12.3. The standard InChI is InChI=1S/C18H14N2O2/c21-18-16-8-10-22-17(16)12-19-20(18)9-7-13-5-6-14-3-1-2-4-15(14)11-13/h1-6,8,10-12H,7,9H2. The van der Waals surface area contributed by atoms with Crippen LogP contribution in [0.2, 0.25) is 0 Å². The molecule has 2 heterocycles. The van der Waals surface area contributed by atoms with Crippen molar-refractivity contribution in [2.24, 2.45) is 0 Å². The van der Waals surface area contributed by atoms with E-state index in [9.17, 15) is 4.79 Å². The summed E-state index contributed by atoms with van der Waals surface area (Å²) >= 11 is 0. The summed E-state index contributed by atoms with van der Waals surface area (Å²) in [7, 11) is 0. The van der Waals surface area contributed by atoms with Gasteiger partial charge in [0.2, 0.25) is 0 Å². The summed E-state index contributed by atoms with van der Waals surface area (Å²) < 4.78 is 6.68. The van der Waals surface area contributed by atoms with Crippen molar-refractivity contribution in [1.82, 2.24) is 9.78 Å². The van der Waals surface area contributed by atoms with Crippen molar-refractivity contribution in [2.45, 2.75) is 13.0 Å². The second kappa shape index (κ2) is 5.15. The predicted molar refractivity (Wildman–Crippen MR) is 85.9 cm³/mol. The van der Waals surface area contributed by atoms with E-state index in [2.05, 4.69) is 35.4 Å². The lowest BCUT2D eigenvalue weighted by Crippen LogP contribution is -2.23. The number of furan rings is 1. The number of benzene rings is 2. The van der Waals surface area contributed by atoms with Gasteiger partial charge in [0.15, 0.2) is 5.58 Å². The van der Waals surface area contributed by atoms with E-state index in [1.807, 2.05) is 12.1 Å². The zero-order valence-corrected chi connectivity index (χ0v) is 11.9. The molecule has 0 amide bonds. The van der Waals surface area contributed by atoms with Crippen LogP contribution >= 0.6 is 0 Å². The summed E-state index contributed by atoms with van der Waals surface area (Å²) in [5.74, 6) is 0. The van der Waals surface area contributed by atoms with Crippen molar-refractivity contribution >= 4 is 21.7 Å². The van der Waals surface area contributed by atoms with Crippen molar-refractivity contribution in [1.29, 1.82) is 0 Å². The summed E-state index contributed by atoms with van der Waals surface area (Å²) in [4.78, 5) is 12.3. The van der Waals surface area contributed by atoms with Gasteiger partial charge in [0.1, 0.15) is 0 Å². The Kier molecular flexibility index (Phi) is 3.00.